The topological polar surface area (TPSA) is 31.2 Å². The van der Waals surface area contributed by atoms with Crippen LogP contribution in [-0.2, 0) is 34.3 Å². The molecule has 3 nitrogen and oxygen atoms in total. The summed E-state index contributed by atoms with van der Waals surface area (Å²) in [7, 11) is 1.49. The van der Waals surface area contributed by atoms with Crippen molar-refractivity contribution in [2.45, 2.75) is 71.3 Å². The molecule has 3 heteroatoms. The van der Waals surface area contributed by atoms with E-state index in [2.05, 4.69) is 61.9 Å². The molecule has 28 heavy (non-hydrogen) atoms. The summed E-state index contributed by atoms with van der Waals surface area (Å²) in [5, 5.41) is 0. The number of ether oxygens (including phenoxy) is 1. The van der Waals surface area contributed by atoms with Gasteiger partial charge in [-0.2, -0.15) is 0 Å². The lowest BCUT2D eigenvalue weighted by Gasteiger charge is -2.53. The summed E-state index contributed by atoms with van der Waals surface area (Å²) in [6.45, 7) is 8.20. The van der Waals surface area contributed by atoms with Gasteiger partial charge in [-0.3, -0.25) is 4.79 Å². The van der Waals surface area contributed by atoms with E-state index in [0.29, 0.717) is 17.8 Å². The second kappa shape index (κ2) is 7.09. The number of carbonyl (C=O) groups excluding carboxylic acids is 1. The lowest BCUT2D eigenvalue weighted by molar-refractivity contribution is -0.139. The molecule has 0 saturated heterocycles. The Hall–Kier alpha value is -2.03. The van der Waals surface area contributed by atoms with E-state index < -0.39 is 0 Å². The molecule has 1 saturated carbocycles. The first-order valence-corrected chi connectivity index (χ1v) is 10.7. The number of rotatable bonds is 4. The Morgan fingerprint density at radius 2 is 1.93 bits per heavy atom. The number of aromatic nitrogens is 1. The third-order valence-electron chi connectivity index (χ3n) is 7.57. The van der Waals surface area contributed by atoms with Crippen LogP contribution in [0, 0.1) is 11.3 Å². The molecule has 0 aliphatic heterocycles. The first-order chi connectivity index (χ1) is 13.3. The number of fused-ring (bicyclic) bond motifs is 3. The highest BCUT2D eigenvalue weighted by atomic mass is 16.5. The van der Waals surface area contributed by atoms with Gasteiger partial charge in [0.25, 0.3) is 0 Å². The van der Waals surface area contributed by atoms with Crippen LogP contribution in [0.15, 0.2) is 36.5 Å². The summed E-state index contributed by atoms with van der Waals surface area (Å²) in [5.41, 5.74) is 5.93. The third-order valence-corrected chi connectivity index (χ3v) is 7.57. The van der Waals surface area contributed by atoms with Crippen molar-refractivity contribution in [3.05, 3.63) is 58.9 Å². The summed E-state index contributed by atoms with van der Waals surface area (Å²) in [6.07, 6.45) is 8.89. The van der Waals surface area contributed by atoms with E-state index in [1.54, 1.807) is 0 Å². The highest BCUT2D eigenvalue weighted by Gasteiger charge is 2.50. The Morgan fingerprint density at radius 1 is 1.18 bits per heavy atom. The van der Waals surface area contributed by atoms with E-state index in [9.17, 15) is 4.79 Å². The van der Waals surface area contributed by atoms with E-state index in [1.807, 2.05) is 0 Å². The maximum Gasteiger partial charge on any atom is 0.311 e. The SMILES string of the molecule is COC(=O)Cc1c2c(cn1Cc1ccccc1)[C@@]1(C)CCCC(C)(C)[C@@H]1CC2. The molecule has 150 valence electrons. The predicted octanol–water partition coefficient (Wildman–Crippen LogP) is 5.28. The first kappa shape index (κ1) is 19.3. The zero-order chi connectivity index (χ0) is 19.9. The number of methoxy groups -OCH3 is 1. The van der Waals surface area contributed by atoms with Crippen molar-refractivity contribution in [3.8, 4) is 0 Å². The molecule has 1 fully saturated rings. The van der Waals surface area contributed by atoms with Gasteiger partial charge in [0.05, 0.1) is 13.5 Å². The molecule has 2 aliphatic carbocycles. The Balaban J connectivity index is 1.79. The van der Waals surface area contributed by atoms with Crippen LogP contribution in [0.25, 0.3) is 0 Å². The second-order valence-electron chi connectivity index (χ2n) is 9.69. The number of hydrogen-bond acceptors (Lipinski definition) is 2. The average Bonchev–Trinajstić information content (AvgIpc) is 3.00. The molecule has 4 rings (SSSR count). The van der Waals surface area contributed by atoms with Gasteiger partial charge in [-0.1, -0.05) is 57.5 Å². The van der Waals surface area contributed by atoms with E-state index in [0.717, 1.165) is 18.7 Å². The van der Waals surface area contributed by atoms with Crippen LogP contribution in [0.4, 0.5) is 0 Å². The average molecular weight is 380 g/mol. The molecule has 2 atom stereocenters. The summed E-state index contributed by atoms with van der Waals surface area (Å²) >= 11 is 0. The fourth-order valence-corrected chi connectivity index (χ4v) is 6.19. The van der Waals surface area contributed by atoms with Crippen molar-refractivity contribution in [1.29, 1.82) is 0 Å². The van der Waals surface area contributed by atoms with Gasteiger partial charge in [-0.25, -0.2) is 0 Å². The van der Waals surface area contributed by atoms with Crippen LogP contribution in [0.3, 0.4) is 0 Å². The van der Waals surface area contributed by atoms with Crippen molar-refractivity contribution in [1.82, 2.24) is 4.57 Å². The number of hydrogen-bond donors (Lipinski definition) is 0. The lowest BCUT2D eigenvalue weighted by Crippen LogP contribution is -2.47. The minimum Gasteiger partial charge on any atom is -0.469 e. The number of carbonyl (C=O) groups is 1. The molecular formula is C25H33NO2. The minimum absolute atomic E-state index is 0.147. The number of nitrogens with zero attached hydrogens (tertiary/aromatic N) is 1. The van der Waals surface area contributed by atoms with Crippen molar-refractivity contribution in [3.63, 3.8) is 0 Å². The molecule has 2 aromatic rings. The van der Waals surface area contributed by atoms with Gasteiger partial charge in [0.15, 0.2) is 0 Å². The van der Waals surface area contributed by atoms with Crippen LogP contribution >= 0.6 is 0 Å². The molecular weight excluding hydrogens is 346 g/mol. The fraction of sp³-hybridized carbons (Fsp3) is 0.560. The summed E-state index contributed by atoms with van der Waals surface area (Å²) in [5.74, 6) is 0.561. The van der Waals surface area contributed by atoms with Gasteiger partial charge < -0.3 is 9.30 Å². The van der Waals surface area contributed by atoms with Crippen molar-refractivity contribution >= 4 is 5.97 Å². The van der Waals surface area contributed by atoms with Gasteiger partial charge in [0.2, 0.25) is 0 Å². The van der Waals surface area contributed by atoms with Crippen molar-refractivity contribution in [2.24, 2.45) is 11.3 Å². The predicted molar refractivity (Wildman–Crippen MR) is 112 cm³/mol. The van der Waals surface area contributed by atoms with Gasteiger partial charge in [-0.05, 0) is 59.1 Å². The van der Waals surface area contributed by atoms with Crippen LogP contribution in [0.2, 0.25) is 0 Å². The quantitative estimate of drug-likeness (QED) is 0.677. The second-order valence-corrected chi connectivity index (χ2v) is 9.69. The van der Waals surface area contributed by atoms with Crippen molar-refractivity contribution < 1.29 is 9.53 Å². The zero-order valence-corrected chi connectivity index (χ0v) is 17.8. The maximum atomic E-state index is 12.2. The Labute approximate surface area is 169 Å². The summed E-state index contributed by atoms with van der Waals surface area (Å²) in [4.78, 5) is 12.2. The molecule has 1 aromatic heterocycles. The summed E-state index contributed by atoms with van der Waals surface area (Å²) in [6, 6.07) is 10.5. The number of benzene rings is 1. The zero-order valence-electron chi connectivity index (χ0n) is 17.8. The van der Waals surface area contributed by atoms with Gasteiger partial charge in [0, 0.05) is 18.4 Å². The van der Waals surface area contributed by atoms with Crippen LogP contribution < -0.4 is 0 Å². The van der Waals surface area contributed by atoms with Gasteiger partial charge >= 0.3 is 5.97 Å². The molecule has 0 bridgehead atoms. The Bertz CT molecular complexity index is 864. The first-order valence-electron chi connectivity index (χ1n) is 10.7. The molecule has 1 aromatic carbocycles. The van der Waals surface area contributed by atoms with Crippen LogP contribution in [0.5, 0.6) is 0 Å². The third kappa shape index (κ3) is 3.19. The highest BCUT2D eigenvalue weighted by Crippen LogP contribution is 2.57. The molecule has 0 amide bonds. The van der Waals surface area contributed by atoms with E-state index in [1.165, 1.54) is 49.5 Å². The lowest BCUT2D eigenvalue weighted by atomic mass is 9.51. The summed E-state index contributed by atoms with van der Waals surface area (Å²) < 4.78 is 7.36. The molecule has 0 unspecified atom stereocenters. The smallest absolute Gasteiger partial charge is 0.311 e. The van der Waals surface area contributed by atoms with Crippen LogP contribution in [0.1, 0.15) is 68.8 Å². The van der Waals surface area contributed by atoms with E-state index >= 15 is 0 Å². The van der Waals surface area contributed by atoms with Crippen molar-refractivity contribution in [2.75, 3.05) is 7.11 Å². The van der Waals surface area contributed by atoms with E-state index in [4.69, 9.17) is 4.74 Å². The Kier molecular flexibility index (Phi) is 4.89. The molecule has 0 spiro atoms. The van der Waals surface area contributed by atoms with Gasteiger partial charge in [0.1, 0.15) is 0 Å². The fourth-order valence-electron chi connectivity index (χ4n) is 6.19. The monoisotopic (exact) mass is 379 g/mol. The highest BCUT2D eigenvalue weighted by molar-refractivity contribution is 5.73. The Morgan fingerprint density at radius 3 is 2.64 bits per heavy atom. The largest absolute Gasteiger partial charge is 0.469 e. The molecule has 1 heterocycles. The minimum atomic E-state index is -0.147. The maximum absolute atomic E-state index is 12.2. The number of esters is 1. The standard InChI is InChI=1S/C25H33NO2/c1-24(2)13-8-14-25(3)20-17-26(16-18-9-6-5-7-10-18)21(15-23(27)28-4)19(20)11-12-22(24)25/h5-7,9-10,17,22H,8,11-16H2,1-4H3/t22-,25+/m0/s1. The molecule has 0 N–H and O–H groups in total. The molecule has 0 radical (unpaired) electrons. The van der Waals surface area contributed by atoms with Crippen LogP contribution in [-0.4, -0.2) is 17.6 Å². The molecule has 2 aliphatic rings. The van der Waals surface area contributed by atoms with Gasteiger partial charge in [-0.15, -0.1) is 0 Å². The normalized spacial score (nSPS) is 25.6. The van der Waals surface area contributed by atoms with E-state index in [-0.39, 0.29) is 11.4 Å².